The lowest BCUT2D eigenvalue weighted by Gasteiger charge is -2.40. The first-order chi connectivity index (χ1) is 37.5. The number of Topliss-reactive ketones (excluding diaryl/α,β-unsaturated/α-hetero) is 1. The van der Waals surface area contributed by atoms with Gasteiger partial charge in [0.1, 0.15) is 16.8 Å². The molecule has 0 radical (unpaired) electrons. The van der Waals surface area contributed by atoms with Crippen LogP contribution in [-0.4, -0.2) is 156 Å². The number of rotatable bonds is 7. The second kappa shape index (κ2) is 24.7. The number of benzene rings is 2. The normalized spacial score (nSPS) is 19.1. The third-order valence-electron chi connectivity index (χ3n) is 14.4. The van der Waals surface area contributed by atoms with Crippen LogP contribution in [0.5, 0.6) is 0 Å². The molecule has 79 heavy (non-hydrogen) atoms. The second-order valence-corrected chi connectivity index (χ2v) is 23.9. The van der Waals surface area contributed by atoms with E-state index in [9.17, 15) is 19.5 Å². The quantitative estimate of drug-likeness (QED) is 0.154. The molecule has 0 spiro atoms. The summed E-state index contributed by atoms with van der Waals surface area (Å²) in [5.74, 6) is 0.194. The van der Waals surface area contributed by atoms with Gasteiger partial charge in [0.25, 0.3) is 6.34 Å². The van der Waals surface area contributed by atoms with E-state index in [-0.39, 0.29) is 30.1 Å². The average molecular weight is 1180 g/mol. The number of hydrogen-bond acceptors (Lipinski definition) is 12. The highest BCUT2D eigenvalue weighted by Crippen LogP contribution is 2.48. The molecule has 6 heterocycles. The van der Waals surface area contributed by atoms with Gasteiger partial charge in [-0.05, 0) is 135 Å². The molecule has 0 saturated carbocycles. The van der Waals surface area contributed by atoms with Gasteiger partial charge in [-0.3, -0.25) is 24.6 Å². The molecule has 3 aliphatic heterocycles. The lowest BCUT2D eigenvalue weighted by atomic mass is 9.81. The van der Waals surface area contributed by atoms with E-state index < -0.39 is 16.8 Å². The summed E-state index contributed by atoms with van der Waals surface area (Å²) < 4.78 is 15.8. The molecule has 2 amide bonds. The summed E-state index contributed by atoms with van der Waals surface area (Å²) in [5.41, 5.74) is 8.00. The summed E-state index contributed by atoms with van der Waals surface area (Å²) in [6.45, 7) is 20.8. The van der Waals surface area contributed by atoms with Crippen LogP contribution in [0.25, 0.3) is 22.2 Å². The van der Waals surface area contributed by atoms with Crippen LogP contribution in [0.1, 0.15) is 131 Å². The van der Waals surface area contributed by atoms with Crippen molar-refractivity contribution >= 4 is 91.4 Å². The van der Waals surface area contributed by atoms with E-state index in [4.69, 9.17) is 42.6 Å². The zero-order valence-electron chi connectivity index (χ0n) is 46.8. The smallest absolute Gasteiger partial charge is 0.410 e. The molecule has 418 valence electrons. The fourth-order valence-electron chi connectivity index (χ4n) is 10.5. The van der Waals surface area contributed by atoms with E-state index in [1.807, 2.05) is 141 Å². The van der Waals surface area contributed by atoms with Crippen LogP contribution in [0.4, 0.5) is 9.59 Å². The van der Waals surface area contributed by atoms with Crippen LogP contribution in [0.15, 0.2) is 90.6 Å². The van der Waals surface area contributed by atoms with Crippen molar-refractivity contribution in [1.82, 2.24) is 39.1 Å². The lowest BCUT2D eigenvalue weighted by Crippen LogP contribution is -2.51. The maximum absolute atomic E-state index is 12.7. The zero-order chi connectivity index (χ0) is 57.0. The number of hydrogen-bond donors (Lipinski definition) is 1. The fraction of sp³-hybridized carbons (Fsp3) is 0.433. The topological polar surface area (TPSA) is 162 Å². The van der Waals surface area contributed by atoms with Crippen molar-refractivity contribution in [2.45, 2.75) is 97.1 Å². The van der Waals surface area contributed by atoms with E-state index in [0.717, 1.165) is 73.6 Å². The molecule has 0 bridgehead atoms. The number of nitrogens with zero attached hydrogens (tertiary/aromatic N) is 10. The third kappa shape index (κ3) is 13.6. The molecule has 2 fully saturated rings. The van der Waals surface area contributed by atoms with Gasteiger partial charge < -0.3 is 28.9 Å². The van der Waals surface area contributed by atoms with E-state index >= 15 is 0 Å². The predicted octanol–water partition coefficient (Wildman–Crippen LogP) is 10.9. The van der Waals surface area contributed by atoms with Gasteiger partial charge in [0.05, 0.1) is 48.7 Å². The van der Waals surface area contributed by atoms with E-state index in [0.29, 0.717) is 74.4 Å². The lowest BCUT2D eigenvalue weighted by molar-refractivity contribution is -0.356. The summed E-state index contributed by atoms with van der Waals surface area (Å²) in [7, 11) is 3.74. The van der Waals surface area contributed by atoms with Gasteiger partial charge in [-0.15, -0.1) is 0 Å². The SMILES string of the molecule is CC(C)(C)OC(=O)N1CCN([C@H]2c3ccc(Cl)cc3C(Br)=Cc3cccnc32)CC1.CCC(=O)C1=[N+](C)C=NC1.CCC(O)(C1=Cc2cccnc2[C@@H](N2CCN(C(=O)OC(C)(C)C)CC2)c2ccc(Cl)cc21)c1cncn1C. The number of carbonyl (C=O) groups excluding carboxylic acids is 3. The summed E-state index contributed by atoms with van der Waals surface area (Å²) in [4.78, 5) is 62.4. The van der Waals surface area contributed by atoms with Gasteiger partial charge >= 0.3 is 12.2 Å². The molecule has 5 aromatic rings. The molecular formula is C60H72BrCl2N10O6+. The Labute approximate surface area is 482 Å². The van der Waals surface area contributed by atoms with Gasteiger partial charge in [0.2, 0.25) is 5.78 Å². The number of amides is 2. The number of aliphatic imine (C=N–C) groups is 1. The Bertz CT molecular complexity index is 3200. The minimum Gasteiger partial charge on any atom is -0.444 e. The summed E-state index contributed by atoms with van der Waals surface area (Å²) in [5, 5.41) is 13.6. The molecule has 10 rings (SSSR count). The second-order valence-electron chi connectivity index (χ2n) is 22.2. The Morgan fingerprint density at radius 3 is 1.67 bits per heavy atom. The van der Waals surface area contributed by atoms with Crippen LogP contribution < -0.4 is 0 Å². The molecule has 1 unspecified atom stereocenters. The Morgan fingerprint density at radius 1 is 0.734 bits per heavy atom. The Balaban J connectivity index is 0.000000181. The third-order valence-corrected chi connectivity index (χ3v) is 15.6. The minimum absolute atomic E-state index is 0.0134. The average Bonchev–Trinajstić information content (AvgIpc) is 4.26. The largest absolute Gasteiger partial charge is 0.444 e. The van der Waals surface area contributed by atoms with Gasteiger partial charge in [0.15, 0.2) is 12.3 Å². The molecule has 19 heteroatoms. The number of aromatic nitrogens is 4. The number of ether oxygens (including phenoxy) is 2. The standard InChI is InChI=1S/C30H36ClN5O3.C23H25BrClN3O2.C7H11N2O/c1-6-30(38,25-18-32-19-34(25)5)24-16-20-8-7-11-33-26(20)27(22-10-9-21(31)17-23(22)24)35-12-14-36(15-13-35)28(37)39-29(2,3)4;1-23(2,3)30-22(29)28-11-9-27(10-12-28)21-17-7-6-16(25)14-18(17)19(24)13-15-5-4-8-26-20(15)21;1-3-7(10)6-4-8-5-9(6)2/h7-11,16-19,27,38H,6,12-15H2,1-5H3;4-8,13-14,21H,9-12H2,1-3H3;5H,3-4H2,1-2H3/q;;+1/t27-,30?;21-;/m00./s1. The molecular weight excluding hydrogens is 1110 g/mol. The van der Waals surface area contributed by atoms with Gasteiger partial charge in [0, 0.05) is 92.7 Å². The number of piperazine rings is 2. The monoisotopic (exact) mass is 1180 g/mol. The van der Waals surface area contributed by atoms with Crippen molar-refractivity contribution in [3.8, 4) is 0 Å². The molecule has 2 aliphatic carbocycles. The molecule has 2 saturated heterocycles. The number of fused-ring (bicyclic) bond motifs is 4. The van der Waals surface area contributed by atoms with Crippen LogP contribution in [0, 0.1) is 0 Å². The number of carbonyl (C=O) groups is 3. The number of pyridine rings is 2. The van der Waals surface area contributed by atoms with Gasteiger partial charge in [-0.1, -0.05) is 82.2 Å². The number of ketones is 1. The predicted molar refractivity (Wildman–Crippen MR) is 316 cm³/mol. The van der Waals surface area contributed by atoms with Crippen LogP contribution >= 0.6 is 39.1 Å². The van der Waals surface area contributed by atoms with Crippen LogP contribution in [0.3, 0.4) is 0 Å². The van der Waals surface area contributed by atoms with Crippen molar-refractivity contribution in [2.75, 3.05) is 66.0 Å². The van der Waals surface area contributed by atoms with Crippen LogP contribution in [-0.2, 0) is 26.9 Å². The Morgan fingerprint density at radius 2 is 1.23 bits per heavy atom. The van der Waals surface area contributed by atoms with Crippen molar-refractivity contribution in [2.24, 2.45) is 12.0 Å². The highest BCUT2D eigenvalue weighted by molar-refractivity contribution is 9.15. The Kier molecular flexibility index (Phi) is 18.5. The molecule has 3 aromatic heterocycles. The maximum atomic E-state index is 12.7. The highest BCUT2D eigenvalue weighted by Gasteiger charge is 2.42. The zero-order valence-corrected chi connectivity index (χ0v) is 49.9. The number of aryl methyl sites for hydroxylation is 1. The molecule has 2 aromatic carbocycles. The van der Waals surface area contributed by atoms with E-state index in [1.165, 1.54) is 0 Å². The van der Waals surface area contributed by atoms with Gasteiger partial charge in [-0.2, -0.15) is 0 Å². The molecule has 5 aliphatic rings. The summed E-state index contributed by atoms with van der Waals surface area (Å²) in [6.07, 6.45) is 13.4. The maximum Gasteiger partial charge on any atom is 0.410 e. The van der Waals surface area contributed by atoms with E-state index in [1.54, 1.807) is 33.2 Å². The summed E-state index contributed by atoms with van der Waals surface area (Å²) in [6, 6.07) is 19.7. The van der Waals surface area contributed by atoms with Crippen LogP contribution in [0.2, 0.25) is 10.0 Å². The number of halogens is 3. The van der Waals surface area contributed by atoms with Crippen molar-refractivity contribution in [3.63, 3.8) is 0 Å². The fourth-order valence-corrected chi connectivity index (χ4v) is 11.5. The molecule has 16 nitrogen and oxygen atoms in total. The first kappa shape index (κ1) is 59.1. The van der Waals surface area contributed by atoms with Gasteiger partial charge in [-0.25, -0.2) is 19.1 Å². The first-order valence-corrected chi connectivity index (χ1v) is 28.4. The van der Waals surface area contributed by atoms with E-state index in [2.05, 4.69) is 53.9 Å². The Hall–Kier alpha value is -6.08. The molecule has 3 atom stereocenters. The molecule has 1 N–H and O–H groups in total. The first-order valence-electron chi connectivity index (χ1n) is 26.8. The number of aliphatic hydroxyl groups is 1. The number of imidazole rings is 1. The minimum atomic E-state index is -1.30. The van der Waals surface area contributed by atoms with Crippen molar-refractivity contribution in [1.29, 1.82) is 0 Å². The highest BCUT2D eigenvalue weighted by atomic mass is 79.9. The van der Waals surface area contributed by atoms with Crippen molar-refractivity contribution in [3.05, 3.63) is 146 Å². The van der Waals surface area contributed by atoms with Crippen molar-refractivity contribution < 1.29 is 33.5 Å². The summed E-state index contributed by atoms with van der Waals surface area (Å²) >= 11 is 16.6.